The third-order valence-electron chi connectivity index (χ3n) is 6.10. The first-order valence-electron chi connectivity index (χ1n) is 15.8. The summed E-state index contributed by atoms with van der Waals surface area (Å²) in [7, 11) is -13.4. The van der Waals surface area contributed by atoms with E-state index < -0.39 is 30.4 Å². The maximum Gasteiger partial charge on any atom is 0.331 e. The summed E-state index contributed by atoms with van der Waals surface area (Å²) in [6, 6.07) is 0. The number of hydrogen-bond acceptors (Lipinski definition) is 14. The molecule has 0 rings (SSSR count). The Balaban J connectivity index is 6.01. The van der Waals surface area contributed by atoms with Gasteiger partial charge in [-0.25, -0.2) is 0 Å². The molecule has 0 bridgehead atoms. The lowest BCUT2D eigenvalue weighted by Gasteiger charge is -2.31. The largest absolute Gasteiger partial charge is 0.331 e. The molecule has 0 aliphatic carbocycles. The van der Waals surface area contributed by atoms with Crippen LogP contribution in [-0.2, 0) is 54.5 Å². The molecule has 0 unspecified atom stereocenters. The van der Waals surface area contributed by atoms with E-state index in [9.17, 15) is 18.3 Å². The highest BCUT2D eigenvalue weighted by atomic mass is 31.2. The maximum atomic E-state index is 13.2. The molecule has 0 spiro atoms. The molecule has 0 aromatic heterocycles. The summed E-state index contributed by atoms with van der Waals surface area (Å²) in [4.78, 5) is 4.00. The fourth-order valence-electron chi connectivity index (χ4n) is 4.25. The van der Waals surface area contributed by atoms with Crippen molar-refractivity contribution >= 4 is 30.4 Å². The number of hydrogen-bond donors (Lipinski definition) is 0. The van der Waals surface area contributed by atoms with Crippen LogP contribution in [0.25, 0.3) is 0 Å². The van der Waals surface area contributed by atoms with Gasteiger partial charge in [0.15, 0.2) is 0 Å². The van der Waals surface area contributed by atoms with Crippen molar-refractivity contribution in [2.24, 2.45) is 0 Å². The van der Waals surface area contributed by atoms with Crippen molar-refractivity contribution in [3.8, 4) is 0 Å². The molecule has 0 aromatic carbocycles. The summed E-state index contributed by atoms with van der Waals surface area (Å²) in [6.07, 6.45) is 0.540. The van der Waals surface area contributed by atoms with Crippen molar-refractivity contribution in [1.29, 1.82) is 0 Å². The number of nitrogens with zero attached hydrogens (tertiary/aromatic N) is 2. The molecule has 0 atom stereocenters. The molecule has 0 fully saturated rings. The molecule has 14 nitrogen and oxygen atoms in total. The lowest BCUT2D eigenvalue weighted by atomic mass is 10.4. The topological polar surface area (TPSA) is 149 Å². The normalized spacial score (nSPS) is 13.4. The highest BCUT2D eigenvalue weighted by Gasteiger charge is 2.30. The van der Waals surface area contributed by atoms with E-state index >= 15 is 0 Å². The molecular weight excluding hydrogens is 656 g/mol. The Morgan fingerprint density at radius 1 is 0.318 bits per heavy atom. The molecule has 0 radical (unpaired) electrons. The van der Waals surface area contributed by atoms with Gasteiger partial charge in [0.2, 0.25) is 0 Å². The van der Waals surface area contributed by atoms with E-state index in [0.717, 1.165) is 0 Å². The van der Waals surface area contributed by atoms with Crippen LogP contribution in [0.15, 0.2) is 0 Å². The van der Waals surface area contributed by atoms with Gasteiger partial charge in [0, 0.05) is 39.3 Å². The van der Waals surface area contributed by atoms with E-state index in [4.69, 9.17) is 36.2 Å². The monoisotopic (exact) mass is 716 g/mol. The van der Waals surface area contributed by atoms with Crippen LogP contribution in [0.2, 0.25) is 0 Å². The fraction of sp³-hybridized carbons (Fsp3) is 1.00. The lowest BCUT2D eigenvalue weighted by molar-refractivity contribution is 0.186. The minimum Gasteiger partial charge on any atom is -0.309 e. The minimum absolute atomic E-state index is 0.135. The average molecular weight is 717 g/mol. The van der Waals surface area contributed by atoms with Gasteiger partial charge in [-0.3, -0.25) is 18.3 Å². The molecule has 0 aromatic rings. The van der Waals surface area contributed by atoms with E-state index in [0.29, 0.717) is 39.3 Å². The van der Waals surface area contributed by atoms with Crippen molar-refractivity contribution in [2.45, 2.75) is 55.4 Å². The first-order valence-corrected chi connectivity index (χ1v) is 22.7. The smallest absolute Gasteiger partial charge is 0.309 e. The lowest BCUT2D eigenvalue weighted by Crippen LogP contribution is -2.40. The van der Waals surface area contributed by atoms with Crippen molar-refractivity contribution in [1.82, 2.24) is 9.80 Å². The van der Waals surface area contributed by atoms with E-state index in [-0.39, 0.29) is 77.5 Å². The average Bonchev–Trinajstić information content (AvgIpc) is 2.94. The van der Waals surface area contributed by atoms with E-state index in [1.807, 2.05) is 9.80 Å². The second-order valence-corrected chi connectivity index (χ2v) is 18.1. The Bertz CT molecular complexity index is 749. The van der Waals surface area contributed by atoms with Gasteiger partial charge in [-0.15, -0.1) is 0 Å². The molecule has 0 heterocycles. The Morgan fingerprint density at radius 2 is 0.477 bits per heavy atom. The molecule has 44 heavy (non-hydrogen) atoms. The summed E-state index contributed by atoms with van der Waals surface area (Å²) < 4.78 is 96.8. The zero-order valence-corrected chi connectivity index (χ0v) is 31.9. The molecule has 0 amide bonds. The van der Waals surface area contributed by atoms with Gasteiger partial charge in [-0.2, -0.15) is 0 Å². The van der Waals surface area contributed by atoms with Crippen molar-refractivity contribution in [3.63, 3.8) is 0 Å². The predicted octanol–water partition coefficient (Wildman–Crippen LogP) is 6.65. The van der Waals surface area contributed by atoms with Crippen LogP contribution in [0.3, 0.4) is 0 Å². The van der Waals surface area contributed by atoms with Gasteiger partial charge in [0.25, 0.3) is 0 Å². The van der Waals surface area contributed by atoms with Crippen LogP contribution in [0.4, 0.5) is 0 Å². The number of rotatable bonds is 31. The van der Waals surface area contributed by atoms with Gasteiger partial charge in [0.1, 0.15) is 0 Å². The highest BCUT2D eigenvalue weighted by molar-refractivity contribution is 7.54. The van der Waals surface area contributed by atoms with E-state index in [2.05, 4.69) is 0 Å². The molecule has 266 valence electrons. The summed E-state index contributed by atoms with van der Waals surface area (Å²) in [5.41, 5.74) is 0. The van der Waals surface area contributed by atoms with Crippen LogP contribution in [0.5, 0.6) is 0 Å². The summed E-state index contributed by atoms with van der Waals surface area (Å²) in [5.74, 6) is 0. The SMILES string of the molecule is CCOP(=O)(CCN(CCN(CCP(=O)(OCC)OCC)CCP(=O)(OCC)OCC)CCP(=O)(OCC)OCC)OCC. The molecule has 18 heteroatoms. The third-order valence-corrected chi connectivity index (χ3v) is 14.3. The van der Waals surface area contributed by atoms with Crippen LogP contribution in [0.1, 0.15) is 55.4 Å². The Hall–Kier alpha value is 0.520. The highest BCUT2D eigenvalue weighted by Crippen LogP contribution is 2.50. The second-order valence-electron chi connectivity index (χ2n) is 9.36. The minimum atomic E-state index is -3.34. The first-order chi connectivity index (χ1) is 20.8. The summed E-state index contributed by atoms with van der Waals surface area (Å²) in [6.45, 7) is 18.2. The molecule has 0 N–H and O–H groups in total. The standard InChI is InChI=1S/C26H60N2O12P4/c1-9-33-41(29,34-10-2)23-19-27(20-24-42(30,35-11-3)36-12-4)17-18-28(21-25-43(31,37-13-5)38-14-6)22-26-44(32,39-15-7)40-16-8/h9-26H2,1-8H3. The fourth-order valence-corrected chi connectivity index (χ4v) is 10.8. The Kier molecular flexibility index (Phi) is 24.9. The van der Waals surface area contributed by atoms with Crippen LogP contribution >= 0.6 is 30.4 Å². The predicted molar refractivity (Wildman–Crippen MR) is 176 cm³/mol. The molecule has 0 saturated heterocycles. The first kappa shape index (κ1) is 44.5. The van der Waals surface area contributed by atoms with Crippen molar-refractivity contribution in [3.05, 3.63) is 0 Å². The molecular formula is C26H60N2O12P4. The van der Waals surface area contributed by atoms with Gasteiger partial charge in [-0.05, 0) is 55.4 Å². The van der Waals surface area contributed by atoms with Crippen LogP contribution < -0.4 is 0 Å². The zero-order chi connectivity index (χ0) is 33.5. The van der Waals surface area contributed by atoms with Gasteiger partial charge in [0.05, 0.1) is 77.5 Å². The van der Waals surface area contributed by atoms with E-state index in [1.165, 1.54) is 0 Å². The van der Waals surface area contributed by atoms with E-state index in [1.54, 1.807) is 55.4 Å². The van der Waals surface area contributed by atoms with Crippen LogP contribution in [0, 0.1) is 0 Å². The maximum absolute atomic E-state index is 13.2. The second kappa shape index (κ2) is 24.6. The third kappa shape index (κ3) is 19.4. The molecule has 0 aliphatic heterocycles. The summed E-state index contributed by atoms with van der Waals surface area (Å²) >= 11 is 0. The Morgan fingerprint density at radius 3 is 0.614 bits per heavy atom. The Labute approximate surface area is 266 Å². The van der Waals surface area contributed by atoms with Crippen molar-refractivity contribution < 1.29 is 54.5 Å². The van der Waals surface area contributed by atoms with Gasteiger partial charge >= 0.3 is 30.4 Å². The van der Waals surface area contributed by atoms with Gasteiger partial charge in [-0.1, -0.05) is 0 Å². The molecule has 0 aliphatic rings. The molecule has 0 saturated carbocycles. The van der Waals surface area contributed by atoms with Crippen LogP contribution in [-0.4, -0.2) is 127 Å². The van der Waals surface area contributed by atoms with Gasteiger partial charge < -0.3 is 46.0 Å². The van der Waals surface area contributed by atoms with Crippen molar-refractivity contribution in [2.75, 3.05) is 117 Å². The zero-order valence-electron chi connectivity index (χ0n) is 28.3. The quantitative estimate of drug-likeness (QED) is 0.0705. The summed E-state index contributed by atoms with van der Waals surface area (Å²) in [5, 5.41) is 0.